The third-order valence-electron chi connectivity index (χ3n) is 17.8. The molecular formula is C87H146F3N5O14Si. The number of amides is 1. The van der Waals surface area contributed by atoms with Gasteiger partial charge in [-0.1, -0.05) is 243 Å². The van der Waals surface area contributed by atoms with E-state index in [9.17, 15) is 51.5 Å². The van der Waals surface area contributed by atoms with Crippen LogP contribution in [-0.4, -0.2) is 102 Å². The molecule has 2 aromatic heterocycles. The number of H-pyrrole nitrogens is 2. The molecule has 8 rings (SSSR count). The molecule has 1 amide bonds. The maximum Gasteiger partial charge on any atom is 0.354 e. The molecule has 8 N–H and O–H groups in total. The number of aromatic amines is 2. The summed E-state index contributed by atoms with van der Waals surface area (Å²) in [6.45, 7) is 66.0. The van der Waals surface area contributed by atoms with Gasteiger partial charge in [-0.05, 0) is 162 Å². The molecule has 0 unspecified atom stereocenters. The standard InChI is InChI=1S/C14H24.C12H16O2.C11H15F.C9H12F2N2O.C9H12N2O3.C9H17NO3.C9H22Si.C7H14O2.C6H12O.CH2O2/c1-13(2,3)14-7-10-4-11(8-14)6-12(5-10)9-14;1-12(2,3)8-9-4-6-10(7-5-9)11(13)14;1-11(2,3)8-9-4-6-10(12)7-5-9;1-9(2,3)8-12-5(7(10)11)4-6(14)13-8;1-9(2,3)8-10-5(7(13)14)4-6(12)11-8;1-6(11)10-7(8(12)13)5-9(2,3)4;1-9(2,3)7-8-10(4,5)6;1-7(2,3)5-4-6(8)9;1-5(7)6(2,3)4;2-1-3/h10-12H,4-9H2,1-3H3;4-7H,8H2,1-3H3,(H,13,14);4-7H,8H2,1-3H3;4,7H,1-3H3,(H,12,13,14);4H,1-3H3,(H,13,14)(H,10,11,12);7H,5H2,1-4H3,(H,10,11)(H,12,13);7-8H2,1-6H3;4-5H2,1-3H3,(H,8,9);1-4H3;1H,(H,2,3)/t;;;;;7-;;;;/m.....0..../s1. The molecular weight excluding hydrogens is 1420 g/mol. The number of rotatable bonds is 12. The van der Waals surface area contributed by atoms with Crippen molar-refractivity contribution in [1.82, 2.24) is 25.3 Å². The lowest BCUT2D eigenvalue weighted by molar-refractivity contribution is -0.142. The zero-order valence-corrected chi connectivity index (χ0v) is 74.4. The highest BCUT2D eigenvalue weighted by molar-refractivity contribution is 6.76. The van der Waals surface area contributed by atoms with Crippen LogP contribution < -0.4 is 16.4 Å². The van der Waals surface area contributed by atoms with E-state index in [1.54, 1.807) is 78.4 Å². The Morgan fingerprint density at radius 3 is 1.18 bits per heavy atom. The Morgan fingerprint density at radius 2 is 0.927 bits per heavy atom. The van der Waals surface area contributed by atoms with E-state index in [1.165, 1.54) is 42.6 Å². The summed E-state index contributed by atoms with van der Waals surface area (Å²) in [6, 6.07) is 16.3. The van der Waals surface area contributed by atoms with Gasteiger partial charge in [0.05, 0.1) is 5.56 Å². The summed E-state index contributed by atoms with van der Waals surface area (Å²) in [6.07, 6.45) is 11.5. The number of hydrogen-bond acceptors (Lipinski definition) is 11. The van der Waals surface area contributed by atoms with Crippen LogP contribution in [0.4, 0.5) is 13.2 Å². The third kappa shape index (κ3) is 52.0. The van der Waals surface area contributed by atoms with Crippen LogP contribution in [0.15, 0.2) is 70.3 Å². The molecule has 2 aromatic carbocycles. The molecule has 4 aliphatic carbocycles. The number of aliphatic carboxylic acids is 2. The molecule has 0 aliphatic heterocycles. The molecule has 4 aromatic rings. The number of benzene rings is 2. The number of ketones is 1. The fourth-order valence-electron chi connectivity index (χ4n) is 11.8. The Hall–Kier alpha value is -7.30. The number of carbonyl (C=O) groups is 7. The topological polar surface area (TPSA) is 324 Å². The number of aromatic nitrogens is 4. The van der Waals surface area contributed by atoms with Gasteiger partial charge in [-0.25, -0.2) is 37.5 Å². The summed E-state index contributed by atoms with van der Waals surface area (Å²) in [5, 5.41) is 43.7. The SMILES string of the molecule is CC(=O)C(C)(C)C.CC(=O)N[C@@H](CC(C)(C)C)C(=O)O.CC(C)(C)C12CC3CC(CC(C3)C1)C2.CC(C)(C)CCC(=O)O.CC(C)(C)CC[Si](C)(C)C.CC(C)(C)Cc1ccc(C(=O)O)cc1.CC(C)(C)Cc1ccc(F)cc1.CC(C)(C)c1nc(C(=O)O)cc(=O)[nH]1.CC(C)(C)c1nc(C(F)F)cc(=O)[nH]1.O=CO. The van der Waals surface area contributed by atoms with Gasteiger partial charge in [0.25, 0.3) is 24.0 Å². The molecule has 1 atom stereocenters. The Balaban J connectivity index is -0.00000117. The van der Waals surface area contributed by atoms with Crippen molar-refractivity contribution in [3.63, 3.8) is 0 Å². The monoisotopic (exact) mass is 1570 g/mol. The van der Waals surface area contributed by atoms with Crippen LogP contribution in [-0.2, 0) is 47.6 Å². The third-order valence-corrected chi connectivity index (χ3v) is 19.6. The maximum absolute atomic E-state index is 12.5. The molecule has 110 heavy (non-hydrogen) atoms. The van der Waals surface area contributed by atoms with Gasteiger partial charge in [0.1, 0.15) is 35.0 Å². The van der Waals surface area contributed by atoms with Crippen molar-refractivity contribution in [2.75, 3.05) is 0 Å². The van der Waals surface area contributed by atoms with E-state index in [1.807, 2.05) is 107 Å². The molecule has 628 valence electrons. The average Bonchev–Trinajstić information content (AvgIpc) is 0.730. The maximum atomic E-state index is 12.5. The predicted octanol–water partition coefficient (Wildman–Crippen LogP) is 21.4. The van der Waals surface area contributed by atoms with Crippen LogP contribution in [0.5, 0.6) is 0 Å². The van der Waals surface area contributed by atoms with E-state index in [0.29, 0.717) is 28.6 Å². The van der Waals surface area contributed by atoms with Gasteiger partial charge in [0, 0.05) is 49.8 Å². The molecule has 4 fully saturated rings. The number of Topliss-reactive ketones (excluding diaryl/α,β-unsaturated/α-hetero) is 1. The summed E-state index contributed by atoms with van der Waals surface area (Å²) in [4.78, 5) is 106. The second-order valence-corrected chi connectivity index (χ2v) is 46.6. The molecule has 4 bridgehead atoms. The molecule has 0 radical (unpaired) electrons. The number of alkyl halides is 2. The molecule has 23 heteroatoms. The normalized spacial score (nSPS) is 16.9. The number of hydrogen-bond donors (Lipinski definition) is 8. The summed E-state index contributed by atoms with van der Waals surface area (Å²) >= 11 is 0. The molecule has 4 saturated carbocycles. The lowest BCUT2D eigenvalue weighted by atomic mass is 9.43. The predicted molar refractivity (Wildman–Crippen MR) is 442 cm³/mol. The summed E-state index contributed by atoms with van der Waals surface area (Å²) < 4.78 is 37.1. The van der Waals surface area contributed by atoms with Crippen molar-refractivity contribution in [1.29, 1.82) is 0 Å². The van der Waals surface area contributed by atoms with Crippen molar-refractivity contribution >= 4 is 50.1 Å². The first-order chi connectivity index (χ1) is 49.1. The van der Waals surface area contributed by atoms with E-state index < -0.39 is 66.6 Å². The number of nitrogens with one attached hydrogen (secondary N) is 3. The van der Waals surface area contributed by atoms with Crippen molar-refractivity contribution in [3.05, 3.63) is 127 Å². The minimum Gasteiger partial charge on any atom is -0.483 e. The van der Waals surface area contributed by atoms with Crippen LogP contribution in [0.1, 0.15) is 321 Å². The van der Waals surface area contributed by atoms with Gasteiger partial charge in [0.15, 0.2) is 5.69 Å². The number of nitrogens with zero attached hydrogens (tertiary/aromatic N) is 2. The highest BCUT2D eigenvalue weighted by atomic mass is 28.3. The fourth-order valence-corrected chi connectivity index (χ4v) is 13.3. The molecule has 4 aliphatic rings. The Kier molecular flexibility index (Phi) is 44.1. The summed E-state index contributed by atoms with van der Waals surface area (Å²) in [7, 11) is -0.767. The van der Waals surface area contributed by atoms with E-state index in [2.05, 4.69) is 128 Å². The second kappa shape index (κ2) is 45.4. The Morgan fingerprint density at radius 1 is 0.564 bits per heavy atom. The van der Waals surface area contributed by atoms with E-state index in [4.69, 9.17) is 30.3 Å². The van der Waals surface area contributed by atoms with E-state index in [0.717, 1.165) is 54.6 Å². The van der Waals surface area contributed by atoms with Crippen molar-refractivity contribution in [3.8, 4) is 0 Å². The Labute approximate surface area is 659 Å². The first-order valence-electron chi connectivity index (χ1n) is 38.3. The molecule has 0 spiro atoms. The van der Waals surface area contributed by atoms with Gasteiger partial charge in [-0.2, -0.15) is 0 Å². The van der Waals surface area contributed by atoms with E-state index >= 15 is 0 Å². The van der Waals surface area contributed by atoms with Crippen molar-refractivity contribution in [2.45, 2.75) is 327 Å². The number of carboxylic acids is 4. The van der Waals surface area contributed by atoms with Gasteiger partial charge in [0.2, 0.25) is 5.91 Å². The van der Waals surface area contributed by atoms with Crippen LogP contribution in [0, 0.1) is 66.9 Å². The van der Waals surface area contributed by atoms with Crippen LogP contribution in [0.25, 0.3) is 0 Å². The zero-order chi connectivity index (χ0) is 87.1. The number of halogens is 3. The molecule has 0 saturated heterocycles. The lowest BCUT2D eigenvalue weighted by Crippen LogP contribution is -2.51. The Bertz CT molecular complexity index is 3520. The van der Waals surface area contributed by atoms with Crippen LogP contribution in [0.2, 0.25) is 25.7 Å². The highest BCUT2D eigenvalue weighted by Gasteiger charge is 2.55. The van der Waals surface area contributed by atoms with Crippen molar-refractivity contribution in [2.24, 2.45) is 61.1 Å². The minimum absolute atomic E-state index is 0.106. The largest absolute Gasteiger partial charge is 0.483 e. The molecule has 19 nitrogen and oxygen atoms in total. The first kappa shape index (κ1) is 107. The summed E-state index contributed by atoms with van der Waals surface area (Å²) in [5.74, 6) is 0.0184. The first-order valence-corrected chi connectivity index (χ1v) is 42.0. The highest BCUT2D eigenvalue weighted by Crippen LogP contribution is 2.65. The number of carbonyl (C=O) groups excluding carboxylic acids is 2. The number of aromatic carboxylic acids is 2. The lowest BCUT2D eigenvalue weighted by Gasteiger charge is -2.62. The smallest absolute Gasteiger partial charge is 0.354 e. The van der Waals surface area contributed by atoms with E-state index in [-0.39, 0.29) is 74.4 Å². The number of carboxylic acid groups (broad SMARTS) is 5. The summed E-state index contributed by atoms with van der Waals surface area (Å²) in [5.41, 5.74) is 2.50. The van der Waals surface area contributed by atoms with Gasteiger partial charge in [-0.15, -0.1) is 0 Å². The quantitative estimate of drug-likeness (QED) is 0.0483. The molecule has 2 heterocycles. The van der Waals surface area contributed by atoms with Gasteiger partial charge in [-0.3, -0.25) is 28.8 Å². The van der Waals surface area contributed by atoms with Gasteiger partial charge < -0.3 is 40.8 Å². The van der Waals surface area contributed by atoms with Crippen LogP contribution >= 0.6 is 0 Å². The van der Waals surface area contributed by atoms with Crippen molar-refractivity contribution < 1.29 is 72.3 Å². The second-order valence-electron chi connectivity index (χ2n) is 41.0. The van der Waals surface area contributed by atoms with Crippen LogP contribution in [0.3, 0.4) is 0 Å². The minimum atomic E-state index is -2.71. The average molecular weight is 1570 g/mol. The zero-order valence-electron chi connectivity index (χ0n) is 73.4. The van der Waals surface area contributed by atoms with Gasteiger partial charge >= 0.3 is 23.9 Å². The fraction of sp³-hybridized carbons (Fsp3) is 0.690.